The van der Waals surface area contributed by atoms with E-state index in [1.807, 2.05) is 6.07 Å². The van der Waals surface area contributed by atoms with Crippen LogP contribution in [0.1, 0.15) is 10.4 Å². The van der Waals surface area contributed by atoms with Gasteiger partial charge in [0.15, 0.2) is 0 Å². The molecule has 0 unspecified atom stereocenters. The molecule has 0 radical (unpaired) electrons. The van der Waals surface area contributed by atoms with Gasteiger partial charge in [-0.15, -0.1) is 0 Å². The molecule has 4 nitrogen and oxygen atoms in total. The number of hydrogen-bond donors (Lipinski definition) is 2. The third-order valence-electron chi connectivity index (χ3n) is 2.57. The summed E-state index contributed by atoms with van der Waals surface area (Å²) in [6.07, 6.45) is -1.64. The van der Waals surface area contributed by atoms with Gasteiger partial charge >= 0.3 is 0 Å². The molecule has 4 heteroatoms. The van der Waals surface area contributed by atoms with E-state index in [4.69, 9.17) is 0 Å². The second-order valence-electron chi connectivity index (χ2n) is 3.71. The van der Waals surface area contributed by atoms with Gasteiger partial charge in [-0.05, 0) is 12.1 Å². The van der Waals surface area contributed by atoms with Gasteiger partial charge in [-0.1, -0.05) is 18.2 Å². The summed E-state index contributed by atoms with van der Waals surface area (Å²) in [7, 11) is 0. The highest BCUT2D eigenvalue weighted by Gasteiger charge is 2.32. The first-order valence-corrected chi connectivity index (χ1v) is 4.89. The maximum Gasteiger partial charge on any atom is 0.254 e. The van der Waals surface area contributed by atoms with E-state index in [1.165, 1.54) is 4.90 Å². The van der Waals surface area contributed by atoms with Crippen LogP contribution in [-0.4, -0.2) is 46.3 Å². The summed E-state index contributed by atoms with van der Waals surface area (Å²) < 4.78 is 0. The quantitative estimate of drug-likeness (QED) is 0.674. The Labute approximate surface area is 87.8 Å². The van der Waals surface area contributed by atoms with Crippen LogP contribution in [0.25, 0.3) is 0 Å². The van der Waals surface area contributed by atoms with E-state index in [2.05, 4.69) is 0 Å². The Bertz CT molecular complexity index is 342. The molecule has 1 heterocycles. The van der Waals surface area contributed by atoms with Crippen molar-refractivity contribution in [2.75, 3.05) is 13.1 Å². The number of carbonyl (C=O) groups excluding carboxylic acids is 1. The molecule has 1 fully saturated rings. The lowest BCUT2D eigenvalue weighted by molar-refractivity contribution is 0.0572. The van der Waals surface area contributed by atoms with Crippen molar-refractivity contribution in [1.29, 1.82) is 0 Å². The topological polar surface area (TPSA) is 60.8 Å². The highest BCUT2D eigenvalue weighted by Crippen LogP contribution is 2.13. The number of carbonyl (C=O) groups is 1. The molecule has 2 atom stereocenters. The van der Waals surface area contributed by atoms with Gasteiger partial charge in [0.2, 0.25) is 0 Å². The van der Waals surface area contributed by atoms with Crippen LogP contribution in [0, 0.1) is 0 Å². The highest BCUT2D eigenvalue weighted by molar-refractivity contribution is 5.94. The lowest BCUT2D eigenvalue weighted by Gasteiger charge is -2.14. The zero-order valence-electron chi connectivity index (χ0n) is 8.21. The van der Waals surface area contributed by atoms with E-state index in [9.17, 15) is 15.0 Å². The lowest BCUT2D eigenvalue weighted by Crippen LogP contribution is -2.29. The molecule has 1 saturated heterocycles. The number of likely N-dealkylation sites (tertiary alicyclic amines) is 1. The number of rotatable bonds is 1. The van der Waals surface area contributed by atoms with Crippen LogP contribution in [0.15, 0.2) is 30.3 Å². The zero-order valence-corrected chi connectivity index (χ0v) is 8.21. The van der Waals surface area contributed by atoms with Gasteiger partial charge in [-0.3, -0.25) is 4.79 Å². The van der Waals surface area contributed by atoms with Crippen molar-refractivity contribution in [1.82, 2.24) is 4.90 Å². The Hall–Kier alpha value is -1.39. The Balaban J connectivity index is 2.10. The fraction of sp³-hybridized carbons (Fsp3) is 0.364. The number of hydrogen-bond acceptors (Lipinski definition) is 3. The first-order chi connectivity index (χ1) is 7.18. The molecule has 2 N–H and O–H groups in total. The van der Waals surface area contributed by atoms with Crippen molar-refractivity contribution in [3.8, 4) is 0 Å². The SMILES string of the molecule is O=C(c1ccccc1)N1C[C@H](O)[C@@H](O)C1. The molecule has 0 spiro atoms. The summed E-state index contributed by atoms with van der Waals surface area (Å²) in [6.45, 7) is 0.407. The molecule has 0 saturated carbocycles. The zero-order chi connectivity index (χ0) is 10.8. The second kappa shape index (κ2) is 4.00. The lowest BCUT2D eigenvalue weighted by atomic mass is 10.2. The molecule has 1 aromatic carbocycles. The van der Waals surface area contributed by atoms with Crippen molar-refractivity contribution in [3.63, 3.8) is 0 Å². The summed E-state index contributed by atoms with van der Waals surface area (Å²) in [5, 5.41) is 18.6. The smallest absolute Gasteiger partial charge is 0.254 e. The third-order valence-corrected chi connectivity index (χ3v) is 2.57. The van der Waals surface area contributed by atoms with Crippen LogP contribution >= 0.6 is 0 Å². The molecule has 0 bridgehead atoms. The number of benzene rings is 1. The number of aliphatic hydroxyl groups excluding tert-OH is 2. The molecule has 1 aliphatic rings. The van der Waals surface area contributed by atoms with Crippen molar-refractivity contribution in [2.45, 2.75) is 12.2 Å². The largest absolute Gasteiger partial charge is 0.388 e. The summed E-state index contributed by atoms with van der Waals surface area (Å²) >= 11 is 0. The van der Waals surface area contributed by atoms with Gasteiger partial charge in [0.1, 0.15) is 0 Å². The second-order valence-corrected chi connectivity index (χ2v) is 3.71. The van der Waals surface area contributed by atoms with E-state index >= 15 is 0 Å². The van der Waals surface area contributed by atoms with Crippen LogP contribution < -0.4 is 0 Å². The van der Waals surface area contributed by atoms with E-state index in [0.29, 0.717) is 5.56 Å². The molecule has 0 aliphatic carbocycles. The van der Waals surface area contributed by atoms with Gasteiger partial charge in [0.25, 0.3) is 5.91 Å². The molecule has 0 aromatic heterocycles. The number of β-amino-alcohol motifs (C(OH)–C–C–N with tert-alkyl or cyclic N) is 2. The minimum atomic E-state index is -0.822. The predicted molar refractivity (Wildman–Crippen MR) is 54.4 cm³/mol. The van der Waals surface area contributed by atoms with Gasteiger partial charge < -0.3 is 15.1 Å². The molecule has 1 amide bonds. The standard InChI is InChI=1S/C11H13NO3/c13-9-6-12(7-10(9)14)11(15)8-4-2-1-3-5-8/h1-5,9-10,13-14H,6-7H2/t9-,10-/m0/s1. The van der Waals surface area contributed by atoms with E-state index < -0.39 is 12.2 Å². The van der Waals surface area contributed by atoms with Crippen LogP contribution in [0.5, 0.6) is 0 Å². The summed E-state index contributed by atoms with van der Waals surface area (Å²) in [6, 6.07) is 8.86. The third kappa shape index (κ3) is 2.00. The number of amides is 1. The maximum absolute atomic E-state index is 11.8. The molecule has 1 aromatic rings. The monoisotopic (exact) mass is 207 g/mol. The van der Waals surface area contributed by atoms with Crippen molar-refractivity contribution < 1.29 is 15.0 Å². The average Bonchev–Trinajstić information content (AvgIpc) is 2.59. The summed E-state index contributed by atoms with van der Waals surface area (Å²) in [5.74, 6) is -0.147. The van der Waals surface area contributed by atoms with Gasteiger partial charge in [-0.25, -0.2) is 0 Å². The fourth-order valence-corrected chi connectivity index (χ4v) is 1.70. The van der Waals surface area contributed by atoms with E-state index in [0.717, 1.165) is 0 Å². The van der Waals surface area contributed by atoms with Gasteiger partial charge in [0.05, 0.1) is 12.2 Å². The summed E-state index contributed by atoms with van der Waals surface area (Å²) in [4.78, 5) is 13.3. The minimum Gasteiger partial charge on any atom is -0.388 e. The predicted octanol–water partition coefficient (Wildman–Crippen LogP) is -0.136. The molecule has 2 rings (SSSR count). The Morgan fingerprint density at radius 1 is 1.13 bits per heavy atom. The molecule has 1 aliphatic heterocycles. The Morgan fingerprint density at radius 2 is 1.67 bits per heavy atom. The average molecular weight is 207 g/mol. The van der Waals surface area contributed by atoms with Crippen molar-refractivity contribution >= 4 is 5.91 Å². The van der Waals surface area contributed by atoms with Crippen molar-refractivity contribution in [3.05, 3.63) is 35.9 Å². The van der Waals surface area contributed by atoms with E-state index in [1.54, 1.807) is 24.3 Å². The van der Waals surface area contributed by atoms with Crippen molar-refractivity contribution in [2.24, 2.45) is 0 Å². The molecule has 15 heavy (non-hydrogen) atoms. The summed E-state index contributed by atoms with van der Waals surface area (Å²) in [5.41, 5.74) is 0.582. The van der Waals surface area contributed by atoms with Crippen LogP contribution in [-0.2, 0) is 0 Å². The first kappa shape index (κ1) is 10.1. The van der Waals surface area contributed by atoms with Gasteiger partial charge in [-0.2, -0.15) is 0 Å². The molecular formula is C11H13NO3. The van der Waals surface area contributed by atoms with E-state index in [-0.39, 0.29) is 19.0 Å². The normalized spacial score (nSPS) is 25.6. The maximum atomic E-state index is 11.8. The fourth-order valence-electron chi connectivity index (χ4n) is 1.70. The number of nitrogens with zero attached hydrogens (tertiary/aromatic N) is 1. The van der Waals surface area contributed by atoms with Crippen LogP contribution in [0.4, 0.5) is 0 Å². The van der Waals surface area contributed by atoms with Gasteiger partial charge in [0, 0.05) is 18.7 Å². The Morgan fingerprint density at radius 3 is 2.20 bits per heavy atom. The highest BCUT2D eigenvalue weighted by atomic mass is 16.3. The molecule has 80 valence electrons. The van der Waals surface area contributed by atoms with Crippen LogP contribution in [0.2, 0.25) is 0 Å². The minimum absolute atomic E-state index is 0.147. The van der Waals surface area contributed by atoms with Crippen LogP contribution in [0.3, 0.4) is 0 Å². The molecular weight excluding hydrogens is 194 g/mol. The number of aliphatic hydroxyl groups is 2. The first-order valence-electron chi connectivity index (χ1n) is 4.89. The Kier molecular flexibility index (Phi) is 2.70.